The molecule has 0 aromatic carbocycles. The van der Waals surface area contributed by atoms with Gasteiger partial charge in [0.1, 0.15) is 11.4 Å². The van der Waals surface area contributed by atoms with Crippen LogP contribution in [0.5, 0.6) is 0 Å². The second-order valence-corrected chi connectivity index (χ2v) is 6.49. The Morgan fingerprint density at radius 1 is 1.47 bits per heavy atom. The van der Waals surface area contributed by atoms with E-state index in [-0.39, 0.29) is 17.4 Å². The summed E-state index contributed by atoms with van der Waals surface area (Å²) in [6.07, 6.45) is 5.41. The predicted molar refractivity (Wildman–Crippen MR) is 70.0 cm³/mol. The maximum absolute atomic E-state index is 6.13. The highest BCUT2D eigenvalue weighted by Gasteiger charge is 2.60. The first kappa shape index (κ1) is 13.2. The fourth-order valence-corrected chi connectivity index (χ4v) is 3.88. The average molecular weight is 266 g/mol. The number of hydrogen-bond acceptors (Lipinski definition) is 4. The van der Waals surface area contributed by atoms with Crippen molar-refractivity contribution in [3.05, 3.63) is 24.5 Å². The molecule has 2 heterocycles. The van der Waals surface area contributed by atoms with Gasteiger partial charge in [-0.3, -0.25) is 0 Å². The first-order chi connectivity index (χ1) is 8.97. The van der Waals surface area contributed by atoms with Crippen molar-refractivity contribution in [1.82, 2.24) is 0 Å². The van der Waals surface area contributed by atoms with Gasteiger partial charge in [-0.1, -0.05) is 19.9 Å². The fourth-order valence-electron chi connectivity index (χ4n) is 3.88. The van der Waals surface area contributed by atoms with Crippen LogP contribution >= 0.6 is 0 Å². The van der Waals surface area contributed by atoms with E-state index in [4.69, 9.17) is 19.2 Å². The van der Waals surface area contributed by atoms with E-state index in [0.29, 0.717) is 6.61 Å². The lowest BCUT2D eigenvalue weighted by molar-refractivity contribution is -0.328. The van der Waals surface area contributed by atoms with Crippen molar-refractivity contribution in [2.75, 3.05) is 6.61 Å². The molecular formula is C15H22O4. The average Bonchev–Trinajstić information content (AvgIpc) is 2.69. The number of fused-ring (bicyclic) bond motifs is 3. The van der Waals surface area contributed by atoms with Crippen molar-refractivity contribution in [1.29, 1.82) is 0 Å². The Morgan fingerprint density at radius 2 is 2.26 bits per heavy atom. The molecule has 2 bridgehead atoms. The van der Waals surface area contributed by atoms with Gasteiger partial charge in [0, 0.05) is 6.08 Å². The van der Waals surface area contributed by atoms with E-state index in [1.165, 1.54) is 0 Å². The van der Waals surface area contributed by atoms with Gasteiger partial charge in [-0.25, -0.2) is 0 Å². The lowest BCUT2D eigenvalue weighted by Crippen LogP contribution is -2.60. The van der Waals surface area contributed by atoms with Crippen LogP contribution in [0, 0.1) is 11.3 Å². The molecule has 1 saturated carbocycles. The molecule has 106 valence electrons. The molecule has 4 nitrogen and oxygen atoms in total. The van der Waals surface area contributed by atoms with Gasteiger partial charge < -0.3 is 14.4 Å². The minimum Gasteiger partial charge on any atom is -0.371 e. The molecule has 1 unspecified atom stereocenters. The fraction of sp³-hybridized carbons (Fsp3) is 0.733. The quantitative estimate of drug-likeness (QED) is 0.581. The second kappa shape index (κ2) is 4.33. The molecule has 1 fully saturated rings. The van der Waals surface area contributed by atoms with Gasteiger partial charge in [0.15, 0.2) is 0 Å². The second-order valence-electron chi connectivity index (χ2n) is 6.49. The third-order valence-electron chi connectivity index (χ3n) is 4.65. The van der Waals surface area contributed by atoms with Crippen LogP contribution in [-0.4, -0.2) is 24.6 Å². The van der Waals surface area contributed by atoms with Crippen LogP contribution in [0.3, 0.4) is 0 Å². The third-order valence-corrected chi connectivity index (χ3v) is 4.65. The molecule has 0 amide bonds. The molecule has 3 rings (SSSR count). The van der Waals surface area contributed by atoms with E-state index < -0.39 is 11.9 Å². The molecule has 19 heavy (non-hydrogen) atoms. The predicted octanol–water partition coefficient (Wildman–Crippen LogP) is 2.95. The first-order valence-electron chi connectivity index (χ1n) is 6.93. The van der Waals surface area contributed by atoms with Gasteiger partial charge in [-0.05, 0) is 25.2 Å². The van der Waals surface area contributed by atoms with E-state index >= 15 is 0 Å². The molecule has 0 saturated heterocycles. The maximum atomic E-state index is 6.13. The summed E-state index contributed by atoms with van der Waals surface area (Å²) in [4.78, 5) is 10.5. The molecule has 0 radical (unpaired) electrons. The summed E-state index contributed by atoms with van der Waals surface area (Å²) in [7, 11) is 0. The largest absolute Gasteiger partial charge is 0.371 e. The topological polar surface area (TPSA) is 36.9 Å². The molecule has 0 aromatic heterocycles. The number of rotatable bonds is 3. The zero-order valence-corrected chi connectivity index (χ0v) is 11.8. The van der Waals surface area contributed by atoms with Crippen LogP contribution in [0.1, 0.15) is 33.6 Å². The maximum Gasteiger partial charge on any atom is 0.226 e. The Bertz CT molecular complexity index is 414. The minimum atomic E-state index is -0.407. The van der Waals surface area contributed by atoms with Crippen LogP contribution in [0.25, 0.3) is 0 Å². The third kappa shape index (κ3) is 1.93. The van der Waals surface area contributed by atoms with E-state index in [2.05, 4.69) is 27.4 Å². The van der Waals surface area contributed by atoms with E-state index in [0.717, 1.165) is 18.6 Å². The number of ether oxygens (including phenoxy) is 2. The normalized spacial score (nSPS) is 43.1. The van der Waals surface area contributed by atoms with Crippen LogP contribution in [-0.2, 0) is 19.2 Å². The lowest BCUT2D eigenvalue weighted by Gasteiger charge is -2.53. The molecule has 4 heteroatoms. The van der Waals surface area contributed by atoms with Gasteiger partial charge in [0.2, 0.25) is 6.29 Å². The van der Waals surface area contributed by atoms with Crippen molar-refractivity contribution < 1.29 is 19.2 Å². The Morgan fingerprint density at radius 3 is 3.00 bits per heavy atom. The van der Waals surface area contributed by atoms with Gasteiger partial charge in [-0.15, -0.1) is 6.58 Å². The summed E-state index contributed by atoms with van der Waals surface area (Å²) in [5.41, 5.74) is -0.302. The summed E-state index contributed by atoms with van der Waals surface area (Å²) in [5, 5.41) is 0. The summed E-state index contributed by atoms with van der Waals surface area (Å²) in [6.45, 7) is 10.9. The van der Waals surface area contributed by atoms with Gasteiger partial charge in [-0.2, -0.15) is 4.89 Å². The summed E-state index contributed by atoms with van der Waals surface area (Å²) in [5.74, 6) is 1.05. The number of hydrogen-bond donors (Lipinski definition) is 0. The standard InChI is InChI=1S/C15H22O4/c1-5-8-16-11-6-7-14(2,3)13-10-9-12(19-18-10)17-15(11,13)4/h5,9,11-13H,1,6-8H2,2-4H3/t11-,12-,13?,15+/m1/s1. The Hall–Kier alpha value is -0.840. The lowest BCUT2D eigenvalue weighted by atomic mass is 9.59. The highest BCUT2D eigenvalue weighted by atomic mass is 17.2. The Kier molecular flexibility index (Phi) is 3.00. The van der Waals surface area contributed by atoms with Crippen molar-refractivity contribution in [2.24, 2.45) is 11.3 Å². The van der Waals surface area contributed by atoms with Crippen molar-refractivity contribution in [2.45, 2.75) is 51.6 Å². The summed E-state index contributed by atoms with van der Waals surface area (Å²) >= 11 is 0. The zero-order valence-electron chi connectivity index (χ0n) is 11.8. The monoisotopic (exact) mass is 266 g/mol. The molecule has 0 aromatic rings. The minimum absolute atomic E-state index is 0.0417. The molecule has 0 N–H and O–H groups in total. The van der Waals surface area contributed by atoms with Gasteiger partial charge >= 0.3 is 0 Å². The highest BCUT2D eigenvalue weighted by Crippen LogP contribution is 2.56. The molecular weight excluding hydrogens is 244 g/mol. The van der Waals surface area contributed by atoms with Crippen LogP contribution in [0.4, 0.5) is 0 Å². The van der Waals surface area contributed by atoms with Gasteiger partial charge in [0.25, 0.3) is 0 Å². The molecule has 1 aliphatic carbocycles. The van der Waals surface area contributed by atoms with Crippen LogP contribution in [0.15, 0.2) is 24.5 Å². The summed E-state index contributed by atoms with van der Waals surface area (Å²) in [6, 6.07) is 0. The Balaban J connectivity index is 1.94. The summed E-state index contributed by atoms with van der Waals surface area (Å²) < 4.78 is 12.1. The molecule has 3 aliphatic rings. The van der Waals surface area contributed by atoms with E-state index in [1.54, 1.807) is 6.08 Å². The van der Waals surface area contributed by atoms with Crippen molar-refractivity contribution in [3.8, 4) is 0 Å². The highest BCUT2D eigenvalue weighted by molar-refractivity contribution is 5.20. The van der Waals surface area contributed by atoms with Gasteiger partial charge in [0.05, 0.1) is 18.6 Å². The first-order valence-corrected chi connectivity index (χ1v) is 6.93. The van der Waals surface area contributed by atoms with Crippen molar-refractivity contribution >= 4 is 0 Å². The molecule has 4 atom stereocenters. The zero-order chi connectivity index (χ0) is 13.7. The van der Waals surface area contributed by atoms with Crippen LogP contribution in [0.2, 0.25) is 0 Å². The molecule has 0 spiro atoms. The van der Waals surface area contributed by atoms with Crippen LogP contribution < -0.4 is 0 Å². The van der Waals surface area contributed by atoms with E-state index in [1.807, 2.05) is 6.08 Å². The molecule has 2 aliphatic heterocycles. The smallest absolute Gasteiger partial charge is 0.226 e. The van der Waals surface area contributed by atoms with Crippen molar-refractivity contribution in [3.63, 3.8) is 0 Å². The van der Waals surface area contributed by atoms with E-state index in [9.17, 15) is 0 Å². The SMILES string of the molecule is C=CCO[C@@H]1CCC(C)(C)C2C3=C[C@@H](OO3)O[C@]21C. The Labute approximate surface area is 114 Å².